The lowest BCUT2D eigenvalue weighted by molar-refractivity contribution is 0.225. The van der Waals surface area contributed by atoms with Gasteiger partial charge in [0.2, 0.25) is 0 Å². The number of hydrogen-bond donors (Lipinski definition) is 0. The average molecular weight is 305 g/mol. The molecule has 0 aromatic heterocycles. The molecule has 0 spiro atoms. The molecular formula is C16H17ClN2O2. The number of urea groups is 1. The highest BCUT2D eigenvalue weighted by Gasteiger charge is 2.12. The van der Waals surface area contributed by atoms with Gasteiger partial charge < -0.3 is 9.64 Å². The van der Waals surface area contributed by atoms with Crippen LogP contribution in [0.1, 0.15) is 0 Å². The third kappa shape index (κ3) is 3.89. The predicted octanol–water partition coefficient (Wildman–Crippen LogP) is 4.25. The van der Waals surface area contributed by atoms with Gasteiger partial charge in [0.15, 0.2) is 0 Å². The molecule has 0 N–H and O–H groups in total. The zero-order chi connectivity index (χ0) is 15.4. The van der Waals surface area contributed by atoms with E-state index in [1.54, 1.807) is 50.3 Å². The average Bonchev–Trinajstić information content (AvgIpc) is 2.49. The van der Waals surface area contributed by atoms with Gasteiger partial charge in [-0.05, 0) is 48.5 Å². The summed E-state index contributed by atoms with van der Waals surface area (Å²) < 4.78 is 5.70. The first-order valence-electron chi connectivity index (χ1n) is 6.46. The third-order valence-corrected chi connectivity index (χ3v) is 3.19. The molecule has 0 bridgehead atoms. The molecule has 2 rings (SSSR count). The second-order valence-corrected chi connectivity index (χ2v) is 5.22. The van der Waals surface area contributed by atoms with E-state index < -0.39 is 0 Å². The minimum Gasteiger partial charge on any atom is -0.457 e. The third-order valence-electron chi connectivity index (χ3n) is 2.94. The molecule has 2 aromatic carbocycles. The molecule has 2 aromatic rings. The van der Waals surface area contributed by atoms with Crippen molar-refractivity contribution in [2.24, 2.45) is 0 Å². The zero-order valence-corrected chi connectivity index (χ0v) is 13.0. The highest BCUT2D eigenvalue weighted by Crippen LogP contribution is 2.25. The van der Waals surface area contributed by atoms with Gasteiger partial charge in [0.1, 0.15) is 11.5 Å². The molecule has 0 atom stereocenters. The minimum atomic E-state index is -0.0821. The van der Waals surface area contributed by atoms with Crippen LogP contribution in [-0.2, 0) is 0 Å². The summed E-state index contributed by atoms with van der Waals surface area (Å²) in [6, 6.07) is 14.4. The van der Waals surface area contributed by atoms with E-state index in [-0.39, 0.29) is 6.03 Å². The van der Waals surface area contributed by atoms with E-state index in [9.17, 15) is 4.79 Å². The first-order chi connectivity index (χ1) is 9.97. The molecule has 5 heteroatoms. The first kappa shape index (κ1) is 15.2. The van der Waals surface area contributed by atoms with Crippen LogP contribution in [0.4, 0.5) is 10.5 Å². The molecule has 4 nitrogen and oxygen atoms in total. The van der Waals surface area contributed by atoms with Crippen LogP contribution in [0.15, 0.2) is 48.5 Å². The number of amides is 2. The Morgan fingerprint density at radius 1 is 0.905 bits per heavy atom. The normalized spacial score (nSPS) is 10.1. The van der Waals surface area contributed by atoms with Crippen molar-refractivity contribution in [1.29, 1.82) is 0 Å². The molecule has 2 amide bonds. The summed E-state index contributed by atoms with van der Waals surface area (Å²) in [5.41, 5.74) is 0.803. The van der Waals surface area contributed by atoms with E-state index in [4.69, 9.17) is 16.3 Å². The molecule has 110 valence electrons. The summed E-state index contributed by atoms with van der Waals surface area (Å²) >= 11 is 5.83. The molecule has 0 fully saturated rings. The standard InChI is InChI=1S/C16H17ClN2O2/c1-18(2)16(20)19(3)13-6-10-15(11-7-13)21-14-8-4-12(17)5-9-14/h4-11H,1-3H3. The van der Waals surface area contributed by atoms with Crippen molar-refractivity contribution < 1.29 is 9.53 Å². The summed E-state index contributed by atoms with van der Waals surface area (Å²) in [6.07, 6.45) is 0. The topological polar surface area (TPSA) is 32.8 Å². The first-order valence-corrected chi connectivity index (χ1v) is 6.83. The number of ether oxygens (including phenoxy) is 1. The maximum atomic E-state index is 11.9. The molecule has 0 radical (unpaired) electrons. The molecule has 0 heterocycles. The van der Waals surface area contributed by atoms with Crippen LogP contribution in [0.3, 0.4) is 0 Å². The molecule has 0 aliphatic heterocycles. The van der Waals surface area contributed by atoms with E-state index in [1.807, 2.05) is 24.3 Å². The number of halogens is 1. The van der Waals surface area contributed by atoms with Gasteiger partial charge in [0.25, 0.3) is 0 Å². The van der Waals surface area contributed by atoms with Crippen LogP contribution in [0.5, 0.6) is 11.5 Å². The highest BCUT2D eigenvalue weighted by atomic mass is 35.5. The highest BCUT2D eigenvalue weighted by molar-refractivity contribution is 6.30. The number of nitrogens with zero attached hydrogens (tertiary/aromatic N) is 2. The lowest BCUT2D eigenvalue weighted by atomic mass is 10.3. The van der Waals surface area contributed by atoms with E-state index in [0.29, 0.717) is 16.5 Å². The van der Waals surface area contributed by atoms with Crippen LogP contribution in [-0.4, -0.2) is 32.1 Å². The van der Waals surface area contributed by atoms with Crippen molar-refractivity contribution in [2.75, 3.05) is 26.0 Å². The maximum absolute atomic E-state index is 11.9. The van der Waals surface area contributed by atoms with E-state index in [2.05, 4.69) is 0 Å². The molecular weight excluding hydrogens is 288 g/mol. The number of benzene rings is 2. The number of hydrogen-bond acceptors (Lipinski definition) is 2. The largest absolute Gasteiger partial charge is 0.457 e. The van der Waals surface area contributed by atoms with Crippen molar-refractivity contribution in [2.45, 2.75) is 0 Å². The van der Waals surface area contributed by atoms with Gasteiger partial charge in [-0.1, -0.05) is 11.6 Å². The van der Waals surface area contributed by atoms with E-state index in [1.165, 1.54) is 4.90 Å². The lowest BCUT2D eigenvalue weighted by Crippen LogP contribution is -2.36. The molecule has 0 unspecified atom stereocenters. The van der Waals surface area contributed by atoms with Gasteiger partial charge in [-0.15, -0.1) is 0 Å². The zero-order valence-electron chi connectivity index (χ0n) is 12.2. The van der Waals surface area contributed by atoms with Crippen molar-refractivity contribution in [3.05, 3.63) is 53.6 Å². The number of anilines is 1. The quantitative estimate of drug-likeness (QED) is 0.849. The summed E-state index contributed by atoms with van der Waals surface area (Å²) in [5, 5.41) is 0.668. The van der Waals surface area contributed by atoms with Crippen LogP contribution < -0.4 is 9.64 Å². The van der Waals surface area contributed by atoms with Gasteiger partial charge >= 0.3 is 6.03 Å². The molecule has 0 saturated heterocycles. The van der Waals surface area contributed by atoms with Gasteiger partial charge in [-0.2, -0.15) is 0 Å². The van der Waals surface area contributed by atoms with Crippen LogP contribution >= 0.6 is 11.6 Å². The Balaban J connectivity index is 2.08. The molecule has 0 aliphatic carbocycles. The van der Waals surface area contributed by atoms with Crippen molar-refractivity contribution in [3.63, 3.8) is 0 Å². The molecule has 21 heavy (non-hydrogen) atoms. The van der Waals surface area contributed by atoms with Gasteiger partial charge in [0.05, 0.1) is 0 Å². The molecule has 0 saturated carbocycles. The smallest absolute Gasteiger partial charge is 0.323 e. The SMILES string of the molecule is CN(C)C(=O)N(C)c1ccc(Oc2ccc(Cl)cc2)cc1. The lowest BCUT2D eigenvalue weighted by Gasteiger charge is -2.22. The van der Waals surface area contributed by atoms with E-state index >= 15 is 0 Å². The Hall–Kier alpha value is -2.20. The summed E-state index contributed by atoms with van der Waals surface area (Å²) in [6.45, 7) is 0. The van der Waals surface area contributed by atoms with Crippen LogP contribution in [0.2, 0.25) is 5.02 Å². The van der Waals surface area contributed by atoms with Crippen molar-refractivity contribution in [3.8, 4) is 11.5 Å². The van der Waals surface area contributed by atoms with Gasteiger partial charge in [-0.25, -0.2) is 4.79 Å². The van der Waals surface area contributed by atoms with Gasteiger partial charge in [0, 0.05) is 31.9 Å². The fraction of sp³-hybridized carbons (Fsp3) is 0.188. The number of carbonyl (C=O) groups excluding carboxylic acids is 1. The fourth-order valence-corrected chi connectivity index (χ4v) is 1.91. The van der Waals surface area contributed by atoms with Gasteiger partial charge in [-0.3, -0.25) is 4.90 Å². The van der Waals surface area contributed by atoms with E-state index in [0.717, 1.165) is 5.69 Å². The fourth-order valence-electron chi connectivity index (χ4n) is 1.79. The Morgan fingerprint density at radius 2 is 1.38 bits per heavy atom. The van der Waals surface area contributed by atoms with Crippen LogP contribution in [0, 0.1) is 0 Å². The van der Waals surface area contributed by atoms with Crippen molar-refractivity contribution in [1.82, 2.24) is 4.90 Å². The monoisotopic (exact) mass is 304 g/mol. The Morgan fingerprint density at radius 3 is 1.86 bits per heavy atom. The summed E-state index contributed by atoms with van der Waals surface area (Å²) in [7, 11) is 5.17. The number of carbonyl (C=O) groups is 1. The van der Waals surface area contributed by atoms with Crippen LogP contribution in [0.25, 0.3) is 0 Å². The maximum Gasteiger partial charge on any atom is 0.323 e. The second kappa shape index (κ2) is 6.50. The Bertz CT molecular complexity index is 609. The Kier molecular flexibility index (Phi) is 4.70. The second-order valence-electron chi connectivity index (χ2n) is 4.79. The molecule has 0 aliphatic rings. The summed E-state index contributed by atoms with van der Waals surface area (Å²) in [4.78, 5) is 15.0. The predicted molar refractivity (Wildman–Crippen MR) is 85.5 cm³/mol. The van der Waals surface area contributed by atoms with Crippen molar-refractivity contribution >= 4 is 23.3 Å². The minimum absolute atomic E-state index is 0.0821. The summed E-state index contributed by atoms with van der Waals surface area (Å²) in [5.74, 6) is 1.41. The Labute approximate surface area is 129 Å². The number of rotatable bonds is 3.